The van der Waals surface area contributed by atoms with Gasteiger partial charge in [0.25, 0.3) is 0 Å². The summed E-state index contributed by atoms with van der Waals surface area (Å²) in [5.41, 5.74) is 0.666. The van der Waals surface area contributed by atoms with Gasteiger partial charge in [-0.1, -0.05) is 12.1 Å². The molecule has 0 saturated carbocycles. The highest BCUT2D eigenvalue weighted by Gasteiger charge is 2.33. The van der Waals surface area contributed by atoms with Crippen LogP contribution >= 0.6 is 0 Å². The summed E-state index contributed by atoms with van der Waals surface area (Å²) >= 11 is 0. The van der Waals surface area contributed by atoms with Crippen molar-refractivity contribution in [3.63, 3.8) is 0 Å². The third kappa shape index (κ3) is 4.71. The molecular weight excluding hydrogens is 346 g/mol. The molecule has 2 aliphatic heterocycles. The van der Waals surface area contributed by atoms with E-state index in [1.165, 1.54) is 0 Å². The molecule has 0 aromatic heterocycles. The minimum Gasteiger partial charge on any atom is -0.495 e. The number of nitrogens with one attached hydrogen (secondary N) is 1. The van der Waals surface area contributed by atoms with Crippen molar-refractivity contribution in [1.29, 1.82) is 0 Å². The first kappa shape index (κ1) is 19.5. The number of carbonyl (C=O) groups is 2. The van der Waals surface area contributed by atoms with Crippen molar-refractivity contribution in [3.8, 4) is 5.75 Å². The summed E-state index contributed by atoms with van der Waals surface area (Å²) in [5, 5.41) is 2.93. The number of urea groups is 1. The van der Waals surface area contributed by atoms with Crippen LogP contribution in [0.25, 0.3) is 0 Å². The molecule has 3 amide bonds. The van der Waals surface area contributed by atoms with Gasteiger partial charge in [-0.3, -0.25) is 4.79 Å². The molecule has 0 aliphatic carbocycles. The van der Waals surface area contributed by atoms with Gasteiger partial charge in [-0.25, -0.2) is 4.79 Å². The Bertz CT molecular complexity index is 652. The number of anilines is 1. The number of ether oxygens (including phenoxy) is 2. The SMILES string of the molecule is COc1ccccc1NC(=O)N1CCC(N(C(C)=O)C2CCOCC2)CC1. The van der Waals surface area contributed by atoms with Gasteiger partial charge < -0.3 is 24.6 Å². The van der Waals surface area contributed by atoms with E-state index in [9.17, 15) is 9.59 Å². The third-order valence-electron chi connectivity index (χ3n) is 5.44. The summed E-state index contributed by atoms with van der Waals surface area (Å²) in [6.07, 6.45) is 3.40. The van der Waals surface area contributed by atoms with Crippen LogP contribution in [0.3, 0.4) is 0 Å². The topological polar surface area (TPSA) is 71.1 Å². The smallest absolute Gasteiger partial charge is 0.321 e. The largest absolute Gasteiger partial charge is 0.495 e. The number of amides is 3. The van der Waals surface area contributed by atoms with Crippen LogP contribution < -0.4 is 10.1 Å². The van der Waals surface area contributed by atoms with Crippen molar-refractivity contribution in [3.05, 3.63) is 24.3 Å². The normalized spacial score (nSPS) is 18.8. The molecule has 148 valence electrons. The fourth-order valence-electron chi connectivity index (χ4n) is 4.06. The van der Waals surface area contributed by atoms with Crippen LogP contribution in [0.2, 0.25) is 0 Å². The lowest BCUT2D eigenvalue weighted by molar-refractivity contribution is -0.137. The van der Waals surface area contributed by atoms with Gasteiger partial charge >= 0.3 is 6.03 Å². The number of carbonyl (C=O) groups excluding carboxylic acids is 2. The highest BCUT2D eigenvalue weighted by Crippen LogP contribution is 2.26. The molecule has 1 aromatic rings. The molecule has 7 nitrogen and oxygen atoms in total. The Morgan fingerprint density at radius 1 is 1.11 bits per heavy atom. The Hall–Kier alpha value is -2.28. The third-order valence-corrected chi connectivity index (χ3v) is 5.44. The van der Waals surface area contributed by atoms with Crippen LogP contribution in [0, 0.1) is 0 Å². The molecule has 2 fully saturated rings. The Morgan fingerprint density at radius 2 is 1.74 bits per heavy atom. The van der Waals surface area contributed by atoms with E-state index in [2.05, 4.69) is 5.32 Å². The molecule has 1 N–H and O–H groups in total. The van der Waals surface area contributed by atoms with Crippen molar-refractivity contribution in [1.82, 2.24) is 9.80 Å². The van der Waals surface area contributed by atoms with Crippen LogP contribution in [-0.2, 0) is 9.53 Å². The zero-order valence-corrected chi connectivity index (χ0v) is 16.1. The number of hydrogen-bond acceptors (Lipinski definition) is 4. The molecule has 2 saturated heterocycles. The highest BCUT2D eigenvalue weighted by atomic mass is 16.5. The monoisotopic (exact) mass is 375 g/mol. The van der Waals surface area contributed by atoms with Crippen LogP contribution in [0.4, 0.5) is 10.5 Å². The molecule has 0 atom stereocenters. The average Bonchev–Trinajstić information content (AvgIpc) is 2.69. The van der Waals surface area contributed by atoms with Crippen molar-refractivity contribution >= 4 is 17.6 Å². The second kappa shape index (κ2) is 9.08. The quantitative estimate of drug-likeness (QED) is 0.878. The van der Waals surface area contributed by atoms with Gasteiger partial charge in [0.2, 0.25) is 5.91 Å². The maximum Gasteiger partial charge on any atom is 0.321 e. The molecule has 1 aromatic carbocycles. The molecule has 7 heteroatoms. The minimum absolute atomic E-state index is 0.124. The summed E-state index contributed by atoms with van der Waals surface area (Å²) < 4.78 is 10.7. The van der Waals surface area contributed by atoms with Gasteiger partial charge in [-0.15, -0.1) is 0 Å². The predicted octanol–water partition coefficient (Wildman–Crippen LogP) is 2.72. The van der Waals surface area contributed by atoms with E-state index in [-0.39, 0.29) is 24.0 Å². The van der Waals surface area contributed by atoms with Gasteiger partial charge in [-0.05, 0) is 37.8 Å². The summed E-state index contributed by atoms with van der Waals surface area (Å²) in [6.45, 7) is 4.36. The number of nitrogens with zero attached hydrogens (tertiary/aromatic N) is 2. The Labute approximate surface area is 160 Å². The van der Waals surface area contributed by atoms with Gasteiger partial charge in [0.05, 0.1) is 12.8 Å². The van der Waals surface area contributed by atoms with Crippen LogP contribution in [0.1, 0.15) is 32.6 Å². The maximum absolute atomic E-state index is 12.6. The van der Waals surface area contributed by atoms with Crippen molar-refractivity contribution in [2.24, 2.45) is 0 Å². The second-order valence-corrected chi connectivity index (χ2v) is 7.12. The van der Waals surface area contributed by atoms with Crippen LogP contribution in [0.5, 0.6) is 5.75 Å². The van der Waals surface area contributed by atoms with Crippen molar-refractivity contribution in [2.45, 2.75) is 44.7 Å². The summed E-state index contributed by atoms with van der Waals surface area (Å²) in [5.74, 6) is 0.766. The number of methoxy groups -OCH3 is 1. The fraction of sp³-hybridized carbons (Fsp3) is 0.600. The standard InChI is InChI=1S/C20H29N3O4/c1-15(24)23(17-9-13-27-14-10-17)16-7-11-22(12-8-16)20(25)21-18-5-3-4-6-19(18)26-2/h3-6,16-17H,7-14H2,1-2H3,(H,21,25). The number of likely N-dealkylation sites (tertiary alicyclic amines) is 1. The van der Waals surface area contributed by atoms with E-state index in [0.29, 0.717) is 37.7 Å². The van der Waals surface area contributed by atoms with Gasteiger partial charge in [0, 0.05) is 45.3 Å². The Morgan fingerprint density at radius 3 is 2.37 bits per heavy atom. The number of para-hydroxylation sites is 2. The van der Waals surface area contributed by atoms with E-state index >= 15 is 0 Å². The van der Waals surface area contributed by atoms with Crippen molar-refractivity contribution in [2.75, 3.05) is 38.7 Å². The lowest BCUT2D eigenvalue weighted by atomic mass is 9.98. The molecule has 0 unspecified atom stereocenters. The van der Waals surface area contributed by atoms with Crippen LogP contribution in [-0.4, -0.2) is 67.2 Å². The van der Waals surface area contributed by atoms with Gasteiger partial charge in [-0.2, -0.15) is 0 Å². The second-order valence-electron chi connectivity index (χ2n) is 7.12. The predicted molar refractivity (Wildman–Crippen MR) is 103 cm³/mol. The van der Waals surface area contributed by atoms with Crippen molar-refractivity contribution < 1.29 is 19.1 Å². The maximum atomic E-state index is 12.6. The van der Waals surface area contributed by atoms with E-state index in [4.69, 9.17) is 9.47 Å². The number of rotatable bonds is 4. The molecule has 0 spiro atoms. The van der Waals surface area contributed by atoms with E-state index in [0.717, 1.165) is 25.7 Å². The first-order valence-corrected chi connectivity index (χ1v) is 9.65. The summed E-state index contributed by atoms with van der Waals surface area (Å²) in [6, 6.07) is 7.71. The van der Waals surface area contributed by atoms with Gasteiger partial charge in [0.15, 0.2) is 0 Å². The van der Waals surface area contributed by atoms with Crippen LogP contribution in [0.15, 0.2) is 24.3 Å². The highest BCUT2D eigenvalue weighted by molar-refractivity contribution is 5.91. The zero-order valence-electron chi connectivity index (χ0n) is 16.1. The molecule has 2 heterocycles. The summed E-state index contributed by atoms with van der Waals surface area (Å²) in [4.78, 5) is 28.7. The molecule has 0 radical (unpaired) electrons. The van der Waals surface area contributed by atoms with E-state index in [1.807, 2.05) is 34.1 Å². The molecular formula is C20H29N3O4. The lowest BCUT2D eigenvalue weighted by Gasteiger charge is -2.43. The lowest BCUT2D eigenvalue weighted by Crippen LogP contribution is -2.53. The molecule has 0 bridgehead atoms. The molecule has 2 aliphatic rings. The zero-order chi connectivity index (χ0) is 19.2. The number of benzene rings is 1. The van der Waals surface area contributed by atoms with E-state index in [1.54, 1.807) is 14.0 Å². The fourth-order valence-corrected chi connectivity index (χ4v) is 4.06. The van der Waals surface area contributed by atoms with Gasteiger partial charge in [0.1, 0.15) is 5.75 Å². The molecule has 3 rings (SSSR count). The summed E-state index contributed by atoms with van der Waals surface area (Å²) in [7, 11) is 1.59. The number of hydrogen-bond donors (Lipinski definition) is 1. The van der Waals surface area contributed by atoms with E-state index < -0.39 is 0 Å². The number of piperidine rings is 1. The average molecular weight is 375 g/mol. The first-order valence-electron chi connectivity index (χ1n) is 9.65. The minimum atomic E-state index is -0.126. The first-order chi connectivity index (χ1) is 13.1. The Balaban J connectivity index is 1.57. The molecule has 27 heavy (non-hydrogen) atoms. The Kier molecular flexibility index (Phi) is 6.55.